The van der Waals surface area contributed by atoms with Gasteiger partial charge in [-0.2, -0.15) is 0 Å². The molecule has 0 bridgehead atoms. The molecule has 22 heavy (non-hydrogen) atoms. The summed E-state index contributed by atoms with van der Waals surface area (Å²) >= 11 is 0. The number of benzene rings is 1. The molecule has 1 aliphatic heterocycles. The van der Waals surface area contributed by atoms with Gasteiger partial charge in [-0.1, -0.05) is 6.07 Å². The van der Waals surface area contributed by atoms with Crippen molar-refractivity contribution in [1.29, 1.82) is 0 Å². The number of anilines is 1. The van der Waals surface area contributed by atoms with Gasteiger partial charge in [-0.05, 0) is 36.1 Å². The van der Waals surface area contributed by atoms with E-state index in [1.165, 1.54) is 0 Å². The van der Waals surface area contributed by atoms with E-state index in [4.69, 9.17) is 0 Å². The number of nitrogens with one attached hydrogen (secondary N) is 1. The van der Waals surface area contributed by atoms with Crippen LogP contribution in [0.2, 0.25) is 0 Å². The van der Waals surface area contributed by atoms with E-state index in [0.717, 1.165) is 16.8 Å². The summed E-state index contributed by atoms with van der Waals surface area (Å²) in [6.45, 7) is 2.85. The Balaban J connectivity index is 1.60. The van der Waals surface area contributed by atoms with Gasteiger partial charge >= 0.3 is 0 Å². The number of carbonyl (C=O) groups excluding carboxylic acids is 3. The molecule has 1 saturated heterocycles. The maximum atomic E-state index is 12.3. The van der Waals surface area contributed by atoms with Crippen LogP contribution in [0.4, 0.5) is 5.69 Å². The smallest absolute Gasteiger partial charge is 0.227 e. The molecular formula is C17H20N2O3. The molecule has 0 spiro atoms. The lowest BCUT2D eigenvalue weighted by atomic mass is 9.95. The van der Waals surface area contributed by atoms with E-state index in [1.54, 1.807) is 11.8 Å². The highest BCUT2D eigenvalue weighted by Crippen LogP contribution is 2.25. The van der Waals surface area contributed by atoms with Crippen LogP contribution in [0.25, 0.3) is 0 Å². The summed E-state index contributed by atoms with van der Waals surface area (Å²) in [5.41, 5.74) is 2.85. The first-order valence-corrected chi connectivity index (χ1v) is 7.73. The Bertz CT molecular complexity index is 631. The van der Waals surface area contributed by atoms with Crippen molar-refractivity contribution in [3.8, 4) is 0 Å². The van der Waals surface area contributed by atoms with Gasteiger partial charge in [0, 0.05) is 44.5 Å². The lowest BCUT2D eigenvalue weighted by Gasteiger charge is -2.30. The monoisotopic (exact) mass is 300 g/mol. The quantitative estimate of drug-likeness (QED) is 0.901. The Morgan fingerprint density at radius 2 is 1.82 bits per heavy atom. The Morgan fingerprint density at radius 3 is 2.50 bits per heavy atom. The summed E-state index contributed by atoms with van der Waals surface area (Å²) in [7, 11) is 0. The summed E-state index contributed by atoms with van der Waals surface area (Å²) in [5, 5.41) is 2.95. The molecule has 1 heterocycles. The first-order chi connectivity index (χ1) is 10.5. The van der Waals surface area contributed by atoms with Crippen LogP contribution in [-0.4, -0.2) is 35.6 Å². The van der Waals surface area contributed by atoms with Crippen LogP contribution in [0.3, 0.4) is 0 Å². The number of amides is 2. The third-order valence-corrected chi connectivity index (χ3v) is 4.56. The highest BCUT2D eigenvalue weighted by Gasteiger charge is 2.26. The summed E-state index contributed by atoms with van der Waals surface area (Å²) < 4.78 is 0. The number of carbonyl (C=O) groups is 3. The fraction of sp³-hybridized carbons (Fsp3) is 0.471. The molecule has 2 amide bonds. The third kappa shape index (κ3) is 3.03. The predicted octanol–water partition coefficient (Wildman–Crippen LogP) is 1.55. The number of hydrogen-bond donors (Lipinski definition) is 1. The second-order valence-corrected chi connectivity index (χ2v) is 6.15. The topological polar surface area (TPSA) is 66.5 Å². The van der Waals surface area contributed by atoms with Crippen molar-refractivity contribution in [2.75, 3.05) is 18.4 Å². The molecule has 1 aromatic carbocycles. The number of hydrogen-bond acceptors (Lipinski definition) is 3. The molecule has 1 N–H and O–H groups in total. The molecule has 5 nitrogen and oxygen atoms in total. The maximum absolute atomic E-state index is 12.3. The molecule has 0 aromatic heterocycles. The first kappa shape index (κ1) is 14.8. The average Bonchev–Trinajstić information content (AvgIpc) is 2.86. The second kappa shape index (κ2) is 5.91. The Hall–Kier alpha value is -2.17. The molecule has 1 aliphatic carbocycles. The number of Topliss-reactive ketones (excluding diaryl/α,β-unsaturated/α-hetero) is 1. The Labute approximate surface area is 129 Å². The van der Waals surface area contributed by atoms with E-state index in [-0.39, 0.29) is 23.5 Å². The number of piperidine rings is 1. The van der Waals surface area contributed by atoms with Crippen LogP contribution < -0.4 is 5.32 Å². The van der Waals surface area contributed by atoms with Crippen molar-refractivity contribution in [3.63, 3.8) is 0 Å². The number of rotatable bonds is 2. The fourth-order valence-electron chi connectivity index (χ4n) is 3.23. The van der Waals surface area contributed by atoms with Crippen LogP contribution >= 0.6 is 0 Å². The van der Waals surface area contributed by atoms with Gasteiger partial charge in [0.2, 0.25) is 11.8 Å². The number of ketones is 1. The molecular weight excluding hydrogens is 280 g/mol. The van der Waals surface area contributed by atoms with Crippen molar-refractivity contribution >= 4 is 23.3 Å². The minimum Gasteiger partial charge on any atom is -0.343 e. The van der Waals surface area contributed by atoms with Crippen LogP contribution in [0.1, 0.15) is 30.9 Å². The van der Waals surface area contributed by atoms with Crippen molar-refractivity contribution < 1.29 is 14.4 Å². The van der Waals surface area contributed by atoms with Gasteiger partial charge in [-0.15, -0.1) is 0 Å². The van der Waals surface area contributed by atoms with Crippen molar-refractivity contribution in [3.05, 3.63) is 29.3 Å². The molecule has 116 valence electrons. The zero-order chi connectivity index (χ0) is 15.7. The van der Waals surface area contributed by atoms with E-state index in [1.807, 2.05) is 18.2 Å². The van der Waals surface area contributed by atoms with E-state index in [2.05, 4.69) is 5.32 Å². The average molecular weight is 300 g/mol. The first-order valence-electron chi connectivity index (χ1n) is 7.73. The summed E-state index contributed by atoms with van der Waals surface area (Å²) in [4.78, 5) is 36.9. The Morgan fingerprint density at radius 1 is 1.14 bits per heavy atom. The molecule has 0 saturated carbocycles. The number of likely N-dealkylation sites (tertiary alicyclic amines) is 1. The predicted molar refractivity (Wildman–Crippen MR) is 82.5 cm³/mol. The molecule has 3 rings (SSSR count). The molecule has 5 heteroatoms. The van der Waals surface area contributed by atoms with Gasteiger partial charge in [0.15, 0.2) is 0 Å². The van der Waals surface area contributed by atoms with E-state index in [0.29, 0.717) is 38.8 Å². The molecule has 1 fully saturated rings. The summed E-state index contributed by atoms with van der Waals surface area (Å²) in [6, 6.07) is 5.69. The molecule has 0 radical (unpaired) electrons. The zero-order valence-electron chi connectivity index (χ0n) is 12.7. The van der Waals surface area contributed by atoms with Gasteiger partial charge in [-0.3, -0.25) is 14.4 Å². The van der Waals surface area contributed by atoms with Gasteiger partial charge in [0.25, 0.3) is 0 Å². The summed E-state index contributed by atoms with van der Waals surface area (Å²) in [6.07, 6.45) is 2.38. The lowest BCUT2D eigenvalue weighted by Crippen LogP contribution is -2.40. The van der Waals surface area contributed by atoms with Gasteiger partial charge in [0.05, 0.1) is 0 Å². The van der Waals surface area contributed by atoms with Crippen molar-refractivity contribution in [2.24, 2.45) is 5.92 Å². The molecule has 2 aliphatic rings. The highest BCUT2D eigenvalue weighted by molar-refractivity contribution is 5.94. The fourth-order valence-corrected chi connectivity index (χ4v) is 3.23. The Kier molecular flexibility index (Phi) is 3.96. The maximum Gasteiger partial charge on any atom is 0.227 e. The third-order valence-electron chi connectivity index (χ3n) is 4.56. The largest absolute Gasteiger partial charge is 0.343 e. The summed E-state index contributed by atoms with van der Waals surface area (Å²) in [5.74, 6) is 0.259. The molecule has 0 unspecified atom stereocenters. The van der Waals surface area contributed by atoms with E-state index < -0.39 is 0 Å². The second-order valence-electron chi connectivity index (χ2n) is 6.15. The van der Waals surface area contributed by atoms with Crippen LogP contribution in [0.15, 0.2) is 18.2 Å². The number of nitrogens with zero attached hydrogens (tertiary/aromatic N) is 1. The minimum absolute atomic E-state index is 0.00692. The van der Waals surface area contributed by atoms with Gasteiger partial charge in [-0.25, -0.2) is 0 Å². The normalized spacial score (nSPS) is 18.2. The SMILES string of the molecule is CC(=O)N1CCC(C(=O)Nc2ccc3c(c2)CC(=O)C3)CC1. The molecule has 1 aromatic rings. The zero-order valence-corrected chi connectivity index (χ0v) is 12.7. The van der Waals surface area contributed by atoms with Crippen LogP contribution in [0.5, 0.6) is 0 Å². The van der Waals surface area contributed by atoms with Crippen LogP contribution in [0, 0.1) is 5.92 Å². The van der Waals surface area contributed by atoms with Gasteiger partial charge < -0.3 is 10.2 Å². The van der Waals surface area contributed by atoms with E-state index in [9.17, 15) is 14.4 Å². The van der Waals surface area contributed by atoms with Crippen molar-refractivity contribution in [2.45, 2.75) is 32.6 Å². The molecule has 0 atom stereocenters. The standard InChI is InChI=1S/C17H20N2O3/c1-11(20)19-6-4-12(5-7-19)17(22)18-15-3-2-13-9-16(21)10-14(13)8-15/h2-3,8,12H,4-7,9-10H2,1H3,(H,18,22). The van der Waals surface area contributed by atoms with Gasteiger partial charge in [0.1, 0.15) is 5.78 Å². The highest BCUT2D eigenvalue weighted by atomic mass is 16.2. The minimum atomic E-state index is -0.0505. The van der Waals surface area contributed by atoms with Crippen molar-refractivity contribution in [1.82, 2.24) is 4.90 Å². The lowest BCUT2D eigenvalue weighted by molar-refractivity contribution is -0.132. The number of fused-ring (bicyclic) bond motifs is 1. The van der Waals surface area contributed by atoms with Crippen LogP contribution in [-0.2, 0) is 27.2 Å². The van der Waals surface area contributed by atoms with E-state index >= 15 is 0 Å².